The molecule has 4 heteroatoms. The number of anilines is 2. The van der Waals surface area contributed by atoms with Crippen molar-refractivity contribution in [1.29, 1.82) is 0 Å². The van der Waals surface area contributed by atoms with E-state index in [0.29, 0.717) is 6.16 Å². The minimum Gasteiger partial charge on any atom is -0.378 e. The van der Waals surface area contributed by atoms with Crippen LogP contribution in [0.5, 0.6) is 0 Å². The van der Waals surface area contributed by atoms with Crippen molar-refractivity contribution in [1.82, 2.24) is 0 Å². The van der Waals surface area contributed by atoms with Crippen LogP contribution in [0.15, 0.2) is 48.5 Å². The molecule has 0 unspecified atom stereocenters. The topological polar surface area (TPSA) is 23.6 Å². The Kier molecular flexibility index (Phi) is 5.54. The molecule has 0 spiro atoms. The van der Waals surface area contributed by atoms with Crippen molar-refractivity contribution >= 4 is 29.1 Å². The van der Waals surface area contributed by atoms with Crippen LogP contribution in [0.1, 0.15) is 13.3 Å². The van der Waals surface area contributed by atoms with Crippen molar-refractivity contribution < 1.29 is 4.57 Å². The summed E-state index contributed by atoms with van der Waals surface area (Å²) in [7, 11) is 5.50. The highest BCUT2D eigenvalue weighted by molar-refractivity contribution is 7.78. The third kappa shape index (κ3) is 3.79. The van der Waals surface area contributed by atoms with Crippen LogP contribution in [0.4, 0.5) is 11.4 Å². The Morgan fingerprint density at radius 3 is 1.35 bits per heavy atom. The van der Waals surface area contributed by atoms with E-state index in [2.05, 4.69) is 16.7 Å². The van der Waals surface area contributed by atoms with Crippen molar-refractivity contribution in [2.24, 2.45) is 0 Å². The summed E-state index contributed by atoms with van der Waals surface area (Å²) in [6.45, 7) is 2.09. The van der Waals surface area contributed by atoms with Crippen LogP contribution in [0, 0.1) is 0 Å². The van der Waals surface area contributed by atoms with E-state index >= 15 is 0 Å². The summed E-state index contributed by atoms with van der Waals surface area (Å²) in [4.78, 5) is 4.11. The van der Waals surface area contributed by atoms with E-state index in [-0.39, 0.29) is 0 Å². The van der Waals surface area contributed by atoms with Crippen molar-refractivity contribution in [2.45, 2.75) is 13.3 Å². The Labute approximate surface area is 140 Å². The number of rotatable bonds is 6. The molecule has 0 amide bonds. The SMILES string of the molecule is CCCP(=O)(c1ccc(N(C)C)cc1)c1ccc(N(C)C)cc1. The maximum Gasteiger partial charge on any atom is 0.143 e. The molecule has 0 aliphatic heterocycles. The number of hydrogen-bond donors (Lipinski definition) is 0. The zero-order valence-corrected chi connectivity index (χ0v) is 15.7. The molecule has 23 heavy (non-hydrogen) atoms. The molecule has 0 saturated heterocycles. The summed E-state index contributed by atoms with van der Waals surface area (Å²) < 4.78 is 13.8. The van der Waals surface area contributed by atoms with Gasteiger partial charge in [0.25, 0.3) is 0 Å². The molecule has 2 rings (SSSR count). The molecule has 124 valence electrons. The maximum absolute atomic E-state index is 13.8. The molecule has 0 saturated carbocycles. The van der Waals surface area contributed by atoms with Crippen LogP contribution < -0.4 is 20.4 Å². The van der Waals surface area contributed by atoms with Gasteiger partial charge in [-0.05, 0) is 55.0 Å². The second-order valence-electron chi connectivity index (χ2n) is 6.28. The van der Waals surface area contributed by atoms with Crippen molar-refractivity contribution in [3.05, 3.63) is 48.5 Å². The fraction of sp³-hybridized carbons (Fsp3) is 0.368. The van der Waals surface area contributed by atoms with Crippen molar-refractivity contribution in [2.75, 3.05) is 44.2 Å². The first-order valence-electron chi connectivity index (χ1n) is 8.03. The van der Waals surface area contributed by atoms with Crippen LogP contribution in [0.2, 0.25) is 0 Å². The standard InChI is InChI=1S/C19H27N2OP/c1-6-15-23(22,18-11-7-16(8-12-18)20(2)3)19-13-9-17(10-14-19)21(4)5/h7-14H,6,15H2,1-5H3. The van der Waals surface area contributed by atoms with Gasteiger partial charge in [0.15, 0.2) is 0 Å². The minimum atomic E-state index is -2.56. The van der Waals surface area contributed by atoms with E-state index in [0.717, 1.165) is 28.4 Å². The molecule has 0 aliphatic carbocycles. The minimum absolute atomic E-state index is 0.704. The smallest absolute Gasteiger partial charge is 0.143 e. The monoisotopic (exact) mass is 330 g/mol. The predicted octanol–water partition coefficient (Wildman–Crippen LogP) is 3.54. The molecule has 0 bridgehead atoms. The summed E-state index contributed by atoms with van der Waals surface area (Å²) in [5.41, 5.74) is 2.25. The van der Waals surface area contributed by atoms with Gasteiger partial charge >= 0.3 is 0 Å². The molecule has 0 atom stereocenters. The van der Waals surface area contributed by atoms with Gasteiger partial charge in [0, 0.05) is 56.3 Å². The fourth-order valence-corrected chi connectivity index (χ4v) is 5.41. The van der Waals surface area contributed by atoms with Crippen LogP contribution in [-0.2, 0) is 4.57 Å². The third-order valence-corrected chi connectivity index (χ3v) is 7.45. The van der Waals surface area contributed by atoms with Gasteiger partial charge in [0.2, 0.25) is 0 Å². The van der Waals surface area contributed by atoms with Gasteiger partial charge in [-0.1, -0.05) is 6.92 Å². The third-order valence-electron chi connectivity index (χ3n) is 4.10. The molecule has 3 nitrogen and oxygen atoms in total. The van der Waals surface area contributed by atoms with Gasteiger partial charge in [-0.15, -0.1) is 0 Å². The van der Waals surface area contributed by atoms with E-state index < -0.39 is 7.14 Å². The largest absolute Gasteiger partial charge is 0.378 e. The highest BCUT2D eigenvalue weighted by Gasteiger charge is 2.26. The molecule has 0 radical (unpaired) electrons. The average molecular weight is 330 g/mol. The normalized spacial score (nSPS) is 11.3. The number of nitrogens with zero attached hydrogens (tertiary/aromatic N) is 2. The summed E-state index contributed by atoms with van der Waals surface area (Å²) in [5.74, 6) is 0. The zero-order chi connectivity index (χ0) is 17.0. The average Bonchev–Trinajstić information content (AvgIpc) is 2.55. The molecule has 0 N–H and O–H groups in total. The number of hydrogen-bond acceptors (Lipinski definition) is 3. The Bertz CT molecular complexity index is 620. The lowest BCUT2D eigenvalue weighted by atomic mass is 10.3. The zero-order valence-electron chi connectivity index (χ0n) is 14.8. The summed E-state index contributed by atoms with van der Waals surface area (Å²) in [6, 6.07) is 16.3. The molecule has 0 aromatic heterocycles. The Balaban J connectivity index is 2.43. The molecule has 0 aliphatic rings. The van der Waals surface area contributed by atoms with Crippen LogP contribution in [0.25, 0.3) is 0 Å². The Hall–Kier alpha value is -1.73. The molecule has 2 aromatic rings. The second-order valence-corrected chi connectivity index (χ2v) is 9.24. The lowest BCUT2D eigenvalue weighted by molar-refractivity contribution is 0.586. The Morgan fingerprint density at radius 2 is 1.09 bits per heavy atom. The summed E-state index contributed by atoms with van der Waals surface area (Å²) >= 11 is 0. The fourth-order valence-electron chi connectivity index (χ4n) is 2.71. The highest BCUT2D eigenvalue weighted by atomic mass is 31.2. The lowest BCUT2D eigenvalue weighted by Crippen LogP contribution is -2.20. The maximum atomic E-state index is 13.8. The highest BCUT2D eigenvalue weighted by Crippen LogP contribution is 2.44. The van der Waals surface area contributed by atoms with E-state index in [4.69, 9.17) is 0 Å². The van der Waals surface area contributed by atoms with Crippen LogP contribution in [-0.4, -0.2) is 34.4 Å². The molecule has 2 aromatic carbocycles. The first-order chi connectivity index (χ1) is 10.9. The second kappa shape index (κ2) is 7.23. The van der Waals surface area contributed by atoms with Gasteiger partial charge in [-0.2, -0.15) is 0 Å². The lowest BCUT2D eigenvalue weighted by Gasteiger charge is -2.21. The van der Waals surface area contributed by atoms with Gasteiger partial charge in [-0.3, -0.25) is 0 Å². The van der Waals surface area contributed by atoms with Crippen molar-refractivity contribution in [3.8, 4) is 0 Å². The van der Waals surface area contributed by atoms with Crippen LogP contribution >= 0.6 is 7.14 Å². The van der Waals surface area contributed by atoms with E-state index in [9.17, 15) is 4.57 Å². The Morgan fingerprint density at radius 1 is 0.739 bits per heavy atom. The summed E-state index contributed by atoms with van der Waals surface area (Å²) in [5, 5.41) is 1.89. The number of benzene rings is 2. The van der Waals surface area contributed by atoms with E-state index in [1.54, 1.807) is 0 Å². The van der Waals surface area contributed by atoms with E-state index in [1.165, 1.54) is 0 Å². The van der Waals surface area contributed by atoms with Crippen molar-refractivity contribution in [3.63, 3.8) is 0 Å². The van der Waals surface area contributed by atoms with Gasteiger partial charge in [-0.25, -0.2) is 0 Å². The summed E-state index contributed by atoms with van der Waals surface area (Å²) in [6.07, 6.45) is 1.61. The molecule has 0 heterocycles. The van der Waals surface area contributed by atoms with Gasteiger partial charge in [0.1, 0.15) is 7.14 Å². The van der Waals surface area contributed by atoms with Gasteiger partial charge < -0.3 is 14.4 Å². The first-order valence-corrected chi connectivity index (χ1v) is 9.92. The van der Waals surface area contributed by atoms with Crippen LogP contribution in [0.3, 0.4) is 0 Å². The molecular formula is C19H27N2OP. The quantitative estimate of drug-likeness (QED) is 0.757. The van der Waals surface area contributed by atoms with Gasteiger partial charge in [0.05, 0.1) is 0 Å². The molecule has 0 fully saturated rings. The predicted molar refractivity (Wildman–Crippen MR) is 104 cm³/mol. The first kappa shape index (κ1) is 17.6. The van der Waals surface area contributed by atoms with E-state index in [1.807, 2.05) is 76.7 Å². The molecular weight excluding hydrogens is 303 g/mol.